The molecule has 3 aromatic rings. The molecule has 3 aliphatic rings. The smallest absolute Gasteiger partial charge is 0.255 e. The van der Waals surface area contributed by atoms with Gasteiger partial charge in [0, 0.05) is 48.9 Å². The minimum absolute atomic E-state index is 0.184. The lowest BCUT2D eigenvalue weighted by molar-refractivity contribution is -0.136. The molecule has 39 heavy (non-hydrogen) atoms. The van der Waals surface area contributed by atoms with Gasteiger partial charge in [0.15, 0.2) is 5.82 Å². The number of amides is 3. The van der Waals surface area contributed by atoms with E-state index in [1.807, 2.05) is 30.3 Å². The van der Waals surface area contributed by atoms with E-state index < -0.39 is 23.4 Å². The molecule has 8 nitrogen and oxygen atoms in total. The summed E-state index contributed by atoms with van der Waals surface area (Å²) in [5, 5.41) is 13.6. The van der Waals surface area contributed by atoms with Gasteiger partial charge in [-0.3, -0.25) is 29.6 Å². The number of halogens is 1. The maximum Gasteiger partial charge on any atom is 0.255 e. The number of pyridine rings is 1. The summed E-state index contributed by atoms with van der Waals surface area (Å²) in [6.45, 7) is 1.71. The van der Waals surface area contributed by atoms with Gasteiger partial charge in [-0.2, -0.15) is 0 Å². The minimum atomic E-state index is -0.979. The van der Waals surface area contributed by atoms with Crippen molar-refractivity contribution in [3.8, 4) is 11.3 Å². The molecule has 0 saturated carbocycles. The average Bonchev–Trinajstić information content (AvgIpc) is 3.26. The van der Waals surface area contributed by atoms with Gasteiger partial charge in [0.25, 0.3) is 5.91 Å². The third-order valence-corrected chi connectivity index (χ3v) is 8.02. The number of hydrogen-bond donors (Lipinski definition) is 2. The second-order valence-electron chi connectivity index (χ2n) is 10.6. The molecule has 2 aromatic carbocycles. The van der Waals surface area contributed by atoms with E-state index in [0.717, 1.165) is 18.5 Å². The van der Waals surface area contributed by atoms with E-state index in [1.54, 1.807) is 30.5 Å². The van der Waals surface area contributed by atoms with Crippen LogP contribution in [0.3, 0.4) is 0 Å². The molecule has 3 aliphatic heterocycles. The number of likely N-dealkylation sites (tertiary alicyclic amines) is 1. The van der Waals surface area contributed by atoms with Crippen LogP contribution in [0.15, 0.2) is 60.8 Å². The van der Waals surface area contributed by atoms with Crippen LogP contribution in [0.25, 0.3) is 11.3 Å². The van der Waals surface area contributed by atoms with E-state index in [0.29, 0.717) is 41.8 Å². The Labute approximate surface area is 225 Å². The predicted octanol–water partition coefficient (Wildman–Crippen LogP) is 3.13. The molecule has 6 rings (SSSR count). The number of β-amino-alcohol motifs (C(OH)–C–C–N with tert-alkyl or cyclic N) is 1. The molecule has 1 aromatic heterocycles. The van der Waals surface area contributed by atoms with Crippen molar-refractivity contribution in [2.24, 2.45) is 0 Å². The number of nitrogens with one attached hydrogen (secondary N) is 1. The average molecular weight is 529 g/mol. The van der Waals surface area contributed by atoms with Gasteiger partial charge in [-0.1, -0.05) is 36.4 Å². The Bertz CT molecular complexity index is 1460. The highest BCUT2D eigenvalue weighted by Crippen LogP contribution is 2.34. The highest BCUT2D eigenvalue weighted by Gasteiger charge is 2.39. The van der Waals surface area contributed by atoms with Crippen LogP contribution in [0, 0.1) is 5.82 Å². The van der Waals surface area contributed by atoms with Crippen molar-refractivity contribution in [1.29, 1.82) is 0 Å². The van der Waals surface area contributed by atoms with Crippen LogP contribution in [-0.4, -0.2) is 56.7 Å². The standard InChI is InChI=1S/C30H29FN4O4/c31-26-20(16-34-14-4-12-30(39,18-34)22-5-2-1-3-6-22)11-13-32-27(26)19-7-8-23-21(15-19)17-35(29(23)38)24-9-10-25(36)33-28(24)37/h1-3,5-8,11,13,15,24,39H,4,9-10,12,14,16-18H2,(H,33,36,37). The lowest BCUT2D eigenvalue weighted by Gasteiger charge is -2.39. The van der Waals surface area contributed by atoms with Crippen LogP contribution in [-0.2, 0) is 28.3 Å². The lowest BCUT2D eigenvalue weighted by atomic mass is 9.85. The highest BCUT2D eigenvalue weighted by molar-refractivity contribution is 6.05. The van der Waals surface area contributed by atoms with Gasteiger partial charge in [-0.25, -0.2) is 4.39 Å². The zero-order valence-corrected chi connectivity index (χ0v) is 21.4. The molecule has 2 unspecified atom stereocenters. The van der Waals surface area contributed by atoms with Crippen molar-refractivity contribution >= 4 is 17.7 Å². The Morgan fingerprint density at radius 1 is 1.10 bits per heavy atom. The van der Waals surface area contributed by atoms with Crippen molar-refractivity contribution in [1.82, 2.24) is 20.1 Å². The van der Waals surface area contributed by atoms with Crippen LogP contribution in [0.5, 0.6) is 0 Å². The van der Waals surface area contributed by atoms with E-state index in [1.165, 1.54) is 4.90 Å². The van der Waals surface area contributed by atoms with E-state index >= 15 is 4.39 Å². The van der Waals surface area contributed by atoms with Crippen molar-refractivity contribution in [2.75, 3.05) is 13.1 Å². The number of piperidine rings is 2. The first kappa shape index (κ1) is 25.3. The molecule has 4 heterocycles. The fourth-order valence-electron chi connectivity index (χ4n) is 6.01. The molecule has 3 amide bonds. The van der Waals surface area contributed by atoms with E-state index in [2.05, 4.69) is 15.2 Å². The second-order valence-corrected chi connectivity index (χ2v) is 10.6. The number of imide groups is 1. The lowest BCUT2D eigenvalue weighted by Crippen LogP contribution is -2.52. The molecule has 2 N–H and O–H groups in total. The molecule has 0 bridgehead atoms. The topological polar surface area (TPSA) is 103 Å². The molecule has 200 valence electrons. The quantitative estimate of drug-likeness (QED) is 0.494. The van der Waals surface area contributed by atoms with Gasteiger partial charge in [0.2, 0.25) is 11.8 Å². The number of carbonyl (C=O) groups excluding carboxylic acids is 3. The number of carbonyl (C=O) groups is 3. The molecule has 0 aliphatic carbocycles. The molecule has 2 fully saturated rings. The van der Waals surface area contributed by atoms with E-state index in [4.69, 9.17) is 0 Å². The number of aliphatic hydroxyl groups is 1. The monoisotopic (exact) mass is 528 g/mol. The zero-order chi connectivity index (χ0) is 27.1. The van der Waals surface area contributed by atoms with Crippen molar-refractivity contribution in [2.45, 2.75) is 50.4 Å². The van der Waals surface area contributed by atoms with Crippen molar-refractivity contribution in [3.05, 3.63) is 88.9 Å². The third kappa shape index (κ3) is 4.72. The summed E-state index contributed by atoms with van der Waals surface area (Å²) in [5.41, 5.74) is 2.27. The molecule has 9 heteroatoms. The minimum Gasteiger partial charge on any atom is -0.384 e. The van der Waals surface area contributed by atoms with Gasteiger partial charge in [0.1, 0.15) is 17.3 Å². The van der Waals surface area contributed by atoms with Gasteiger partial charge >= 0.3 is 0 Å². The fraction of sp³-hybridized carbons (Fsp3) is 0.333. The third-order valence-electron chi connectivity index (χ3n) is 8.02. The fourth-order valence-corrected chi connectivity index (χ4v) is 6.01. The van der Waals surface area contributed by atoms with Crippen LogP contribution in [0.1, 0.15) is 52.7 Å². The number of benzene rings is 2. The summed E-state index contributed by atoms with van der Waals surface area (Å²) in [5.74, 6) is -1.51. The van der Waals surface area contributed by atoms with Crippen LogP contribution < -0.4 is 5.32 Å². The first-order valence-electron chi connectivity index (χ1n) is 13.2. The van der Waals surface area contributed by atoms with Gasteiger partial charge in [-0.15, -0.1) is 0 Å². The normalized spacial score (nSPS) is 23.6. The van der Waals surface area contributed by atoms with Crippen LogP contribution in [0.2, 0.25) is 0 Å². The SMILES string of the molecule is O=C1CCC(N2Cc3cc(-c4nccc(CN5CCCC(O)(c6ccccc6)C5)c4F)ccc3C2=O)C(=O)N1. The summed E-state index contributed by atoms with van der Waals surface area (Å²) < 4.78 is 15.8. The van der Waals surface area contributed by atoms with Gasteiger partial charge in [-0.05, 0) is 55.1 Å². The van der Waals surface area contributed by atoms with E-state index in [-0.39, 0.29) is 36.9 Å². The second kappa shape index (κ2) is 9.98. The molecule has 0 spiro atoms. The number of rotatable bonds is 5. The largest absolute Gasteiger partial charge is 0.384 e. The Morgan fingerprint density at radius 3 is 2.72 bits per heavy atom. The first-order valence-corrected chi connectivity index (χ1v) is 13.2. The Balaban J connectivity index is 1.21. The molecule has 0 radical (unpaired) electrons. The first-order chi connectivity index (χ1) is 18.8. The summed E-state index contributed by atoms with van der Waals surface area (Å²) in [4.78, 5) is 44.7. The number of fused-ring (bicyclic) bond motifs is 1. The van der Waals surface area contributed by atoms with Crippen LogP contribution in [0.4, 0.5) is 4.39 Å². The number of hydrogen-bond acceptors (Lipinski definition) is 6. The van der Waals surface area contributed by atoms with E-state index in [9.17, 15) is 19.5 Å². The van der Waals surface area contributed by atoms with Crippen LogP contribution >= 0.6 is 0 Å². The number of aromatic nitrogens is 1. The van der Waals surface area contributed by atoms with Gasteiger partial charge < -0.3 is 10.0 Å². The predicted molar refractivity (Wildman–Crippen MR) is 141 cm³/mol. The Morgan fingerprint density at radius 2 is 1.92 bits per heavy atom. The summed E-state index contributed by atoms with van der Waals surface area (Å²) in [6.07, 6.45) is 3.50. The Hall–Kier alpha value is -3.95. The van der Waals surface area contributed by atoms with Gasteiger partial charge in [0.05, 0.1) is 0 Å². The molecule has 2 saturated heterocycles. The van der Waals surface area contributed by atoms with Crippen molar-refractivity contribution in [3.63, 3.8) is 0 Å². The maximum atomic E-state index is 15.8. The summed E-state index contributed by atoms with van der Waals surface area (Å²) in [6, 6.07) is 15.6. The molecule has 2 atom stereocenters. The Kier molecular flexibility index (Phi) is 6.48. The number of nitrogens with zero attached hydrogens (tertiary/aromatic N) is 3. The molecular weight excluding hydrogens is 499 g/mol. The zero-order valence-electron chi connectivity index (χ0n) is 21.4. The summed E-state index contributed by atoms with van der Waals surface area (Å²) >= 11 is 0. The summed E-state index contributed by atoms with van der Waals surface area (Å²) in [7, 11) is 0. The molecular formula is C30H29FN4O4. The maximum absolute atomic E-state index is 15.8. The highest BCUT2D eigenvalue weighted by atomic mass is 19.1. The van der Waals surface area contributed by atoms with Crippen molar-refractivity contribution < 1.29 is 23.9 Å².